The monoisotopic (exact) mass is 627 g/mol. The van der Waals surface area contributed by atoms with E-state index in [0.29, 0.717) is 19.0 Å². The molecule has 0 amide bonds. The van der Waals surface area contributed by atoms with Gasteiger partial charge in [-0.05, 0) is 35.9 Å². The van der Waals surface area contributed by atoms with Gasteiger partial charge in [-0.25, -0.2) is 4.57 Å². The largest absolute Gasteiger partial charge is 0.527 e. The van der Waals surface area contributed by atoms with Crippen LogP contribution in [0.5, 0.6) is 5.75 Å². The molecule has 0 bridgehead atoms. The number of nitrogens with zero attached hydrogens (tertiary/aromatic N) is 1. The fourth-order valence-corrected chi connectivity index (χ4v) is 6.54. The quantitative estimate of drug-likeness (QED) is 0.0763. The summed E-state index contributed by atoms with van der Waals surface area (Å²) in [5.41, 5.74) is 1.10. The van der Waals surface area contributed by atoms with E-state index in [9.17, 15) is 9.46 Å². The molecule has 0 radical (unpaired) electrons. The van der Waals surface area contributed by atoms with Crippen LogP contribution in [0.15, 0.2) is 35.4 Å². The Morgan fingerprint density at radius 1 is 0.857 bits per heavy atom. The minimum Gasteiger partial charge on any atom is -0.404 e. The molecule has 1 aromatic carbocycles. The summed E-state index contributed by atoms with van der Waals surface area (Å²) in [5, 5.41) is 0. The number of rotatable bonds is 27. The highest BCUT2D eigenvalue weighted by atomic mass is 32.2. The molecule has 9 heteroatoms. The highest BCUT2D eigenvalue weighted by molar-refractivity contribution is 8.03. The number of hydrogen-bond donors (Lipinski definition) is 1. The Morgan fingerprint density at radius 3 is 1.90 bits per heavy atom. The summed E-state index contributed by atoms with van der Waals surface area (Å²) in [5.74, 6) is 1.23. The van der Waals surface area contributed by atoms with Gasteiger partial charge >= 0.3 is 7.82 Å². The lowest BCUT2D eigenvalue weighted by atomic mass is 10.0. The van der Waals surface area contributed by atoms with Gasteiger partial charge < -0.3 is 18.9 Å². The fourth-order valence-electron chi connectivity index (χ4n) is 4.99. The number of phosphoric ester groups is 1. The van der Waals surface area contributed by atoms with Gasteiger partial charge in [0.15, 0.2) is 0 Å². The summed E-state index contributed by atoms with van der Waals surface area (Å²) >= 11 is 1.82. The molecule has 2 atom stereocenters. The van der Waals surface area contributed by atoms with E-state index in [1.165, 1.54) is 94.8 Å². The molecule has 0 spiro atoms. The Hall–Kier alpha value is -1.02. The van der Waals surface area contributed by atoms with Gasteiger partial charge in [-0.2, -0.15) is 0 Å². The molecule has 0 fully saturated rings. The molecule has 1 aromatic rings. The Kier molecular flexibility index (Phi) is 20.7. The molecule has 0 aliphatic carbocycles. The van der Waals surface area contributed by atoms with Gasteiger partial charge in [0.2, 0.25) is 0 Å². The molecule has 1 aliphatic heterocycles. The van der Waals surface area contributed by atoms with Crippen molar-refractivity contribution < 1.29 is 28.0 Å². The van der Waals surface area contributed by atoms with Crippen LogP contribution >= 0.6 is 19.6 Å². The maximum absolute atomic E-state index is 12.4. The lowest BCUT2D eigenvalue weighted by Gasteiger charge is -2.19. The summed E-state index contributed by atoms with van der Waals surface area (Å²) in [6.07, 6.45) is 23.2. The van der Waals surface area contributed by atoms with Crippen molar-refractivity contribution in [3.8, 4) is 5.75 Å². The Labute approximate surface area is 260 Å². The summed E-state index contributed by atoms with van der Waals surface area (Å²) in [6.45, 7) is 6.05. The van der Waals surface area contributed by atoms with Crippen molar-refractivity contribution in [3.63, 3.8) is 0 Å². The van der Waals surface area contributed by atoms with Crippen LogP contribution < -0.4 is 4.52 Å². The van der Waals surface area contributed by atoms with Gasteiger partial charge in [-0.1, -0.05) is 115 Å². The topological polar surface area (TPSA) is 77.5 Å². The second-order valence-electron chi connectivity index (χ2n) is 11.5. The van der Waals surface area contributed by atoms with Crippen molar-refractivity contribution in [2.75, 3.05) is 32.8 Å². The molecule has 0 saturated heterocycles. The maximum Gasteiger partial charge on any atom is 0.527 e. The van der Waals surface area contributed by atoms with E-state index in [-0.39, 0.29) is 6.61 Å². The van der Waals surface area contributed by atoms with Gasteiger partial charge in [-0.15, -0.1) is 11.8 Å². The first-order chi connectivity index (χ1) is 20.4. The third kappa shape index (κ3) is 18.6. The van der Waals surface area contributed by atoms with Crippen molar-refractivity contribution in [2.45, 2.75) is 129 Å². The zero-order chi connectivity index (χ0) is 30.3. The molecule has 0 saturated carbocycles. The van der Waals surface area contributed by atoms with E-state index >= 15 is 0 Å². The normalized spacial score (nSPS) is 15.5. The average molecular weight is 628 g/mol. The summed E-state index contributed by atoms with van der Waals surface area (Å²) in [6, 6.07) is 7.17. The van der Waals surface area contributed by atoms with Crippen LogP contribution in [0.1, 0.15) is 122 Å². The van der Waals surface area contributed by atoms with Crippen molar-refractivity contribution in [1.82, 2.24) is 4.90 Å². The van der Waals surface area contributed by atoms with E-state index in [0.717, 1.165) is 30.8 Å². The van der Waals surface area contributed by atoms with Crippen LogP contribution in [0.4, 0.5) is 0 Å². The minimum atomic E-state index is -4.27. The molecule has 1 aliphatic rings. The van der Waals surface area contributed by atoms with Gasteiger partial charge in [0.1, 0.15) is 11.9 Å². The van der Waals surface area contributed by atoms with Gasteiger partial charge in [0.25, 0.3) is 0 Å². The molecule has 1 heterocycles. The first-order valence-corrected chi connectivity index (χ1v) is 18.8. The SMILES string of the molecule is CCCCCCCCCCCCCCCCCCOCC(COP(=O)(O)Oc1ccc(CN2C=C(C)SC2)cc1)OC. The summed E-state index contributed by atoms with van der Waals surface area (Å²) in [4.78, 5) is 13.7. The molecule has 42 heavy (non-hydrogen) atoms. The van der Waals surface area contributed by atoms with Crippen molar-refractivity contribution >= 4 is 19.6 Å². The van der Waals surface area contributed by atoms with Crippen molar-refractivity contribution in [3.05, 3.63) is 40.9 Å². The number of ether oxygens (including phenoxy) is 2. The molecule has 0 aromatic heterocycles. The zero-order valence-corrected chi connectivity index (χ0v) is 28.3. The first-order valence-electron chi connectivity index (χ1n) is 16.3. The lowest BCUT2D eigenvalue weighted by molar-refractivity contribution is -0.0197. The van der Waals surface area contributed by atoms with Gasteiger partial charge in [-0.3, -0.25) is 9.42 Å². The molecule has 242 valence electrons. The molecule has 2 unspecified atom stereocenters. The second kappa shape index (κ2) is 23.4. The standard InChI is InChI=1S/C33H58NO6PS/c1-4-5-6-7-8-9-10-11-12-13-14-15-16-17-18-19-24-38-27-33(37-3)28-39-41(35,36)40-32-22-20-31(21-23-32)26-34-25-30(2)42-29-34/h20-23,25,33H,4-19,24,26-29H2,1-3H3,(H,35,36). The number of allylic oxidation sites excluding steroid dienone is 1. The van der Waals surface area contributed by atoms with Crippen molar-refractivity contribution in [2.24, 2.45) is 0 Å². The van der Waals surface area contributed by atoms with Crippen LogP contribution in [-0.2, 0) is 25.1 Å². The van der Waals surface area contributed by atoms with Crippen LogP contribution in [0.25, 0.3) is 0 Å². The van der Waals surface area contributed by atoms with Crippen LogP contribution in [0.3, 0.4) is 0 Å². The molecule has 1 N–H and O–H groups in total. The number of benzene rings is 1. The molecule has 2 rings (SSSR count). The predicted octanol–water partition coefficient (Wildman–Crippen LogP) is 9.84. The highest BCUT2D eigenvalue weighted by Gasteiger charge is 2.25. The Bertz CT molecular complexity index is 884. The number of phosphoric acid groups is 1. The van der Waals surface area contributed by atoms with Crippen LogP contribution in [0.2, 0.25) is 0 Å². The number of methoxy groups -OCH3 is 1. The number of hydrogen-bond acceptors (Lipinski definition) is 7. The maximum atomic E-state index is 12.4. The predicted molar refractivity (Wildman–Crippen MR) is 176 cm³/mol. The second-order valence-corrected chi connectivity index (χ2v) is 14.1. The smallest absolute Gasteiger partial charge is 0.404 e. The van der Waals surface area contributed by atoms with Crippen molar-refractivity contribution in [1.29, 1.82) is 0 Å². The molecular formula is C33H58NO6PS. The first kappa shape index (κ1) is 37.2. The minimum absolute atomic E-state index is 0.0837. The van der Waals surface area contributed by atoms with Crippen LogP contribution in [-0.4, -0.2) is 48.7 Å². The highest BCUT2D eigenvalue weighted by Crippen LogP contribution is 2.44. The van der Waals surface area contributed by atoms with Crippen LogP contribution in [0, 0.1) is 0 Å². The molecular weight excluding hydrogens is 569 g/mol. The van der Waals surface area contributed by atoms with E-state index in [1.807, 2.05) is 23.9 Å². The summed E-state index contributed by atoms with van der Waals surface area (Å²) in [7, 11) is -2.73. The lowest BCUT2D eigenvalue weighted by Crippen LogP contribution is -2.24. The summed E-state index contributed by atoms with van der Waals surface area (Å²) < 4.78 is 34.0. The Morgan fingerprint density at radius 2 is 1.40 bits per heavy atom. The average Bonchev–Trinajstić information content (AvgIpc) is 3.39. The van der Waals surface area contributed by atoms with Gasteiger partial charge in [0, 0.05) is 26.5 Å². The van der Waals surface area contributed by atoms with E-state index in [1.54, 1.807) is 19.2 Å². The zero-order valence-electron chi connectivity index (χ0n) is 26.6. The molecule has 7 nitrogen and oxygen atoms in total. The third-order valence-electron chi connectivity index (χ3n) is 7.56. The van der Waals surface area contributed by atoms with E-state index < -0.39 is 13.9 Å². The van der Waals surface area contributed by atoms with Gasteiger partial charge in [0.05, 0.1) is 19.1 Å². The Balaban J connectivity index is 1.43. The van der Waals surface area contributed by atoms with E-state index in [4.69, 9.17) is 18.5 Å². The number of unbranched alkanes of at least 4 members (excludes halogenated alkanes) is 15. The number of thioether (sulfide) groups is 1. The third-order valence-corrected chi connectivity index (χ3v) is 9.49. The fraction of sp³-hybridized carbons (Fsp3) is 0.758. The van der Waals surface area contributed by atoms with E-state index in [2.05, 4.69) is 24.9 Å².